The lowest BCUT2D eigenvalue weighted by molar-refractivity contribution is 0.101. The lowest BCUT2D eigenvalue weighted by atomic mass is 9.91. The Bertz CT molecular complexity index is 875. The number of hydrogen-bond donors (Lipinski definition) is 0. The molecule has 29 heavy (non-hydrogen) atoms. The van der Waals surface area contributed by atoms with Crippen LogP contribution in [0.4, 0.5) is 10.9 Å². The second kappa shape index (κ2) is 8.29. The third kappa shape index (κ3) is 4.33. The van der Waals surface area contributed by atoms with Crippen LogP contribution in [-0.4, -0.2) is 68.4 Å². The molecule has 158 valence electrons. The molecule has 0 atom stereocenters. The second-order valence-corrected chi connectivity index (χ2v) is 10.3. The molecule has 0 aliphatic carbocycles. The maximum absolute atomic E-state index is 12.3. The monoisotopic (exact) mass is 436 g/mol. The number of rotatable bonds is 4. The topological polar surface area (TPSA) is 67.8 Å². The van der Waals surface area contributed by atoms with Crippen LogP contribution in [0.3, 0.4) is 0 Å². The highest BCUT2D eigenvalue weighted by molar-refractivity contribution is 7.24. The van der Waals surface area contributed by atoms with Crippen LogP contribution in [0.2, 0.25) is 0 Å². The molecule has 4 rings (SSSR count). The minimum atomic E-state index is -0.188. The van der Waals surface area contributed by atoms with Crippen LogP contribution >= 0.6 is 22.7 Å². The average Bonchev–Trinajstić information content (AvgIpc) is 3.34. The molecule has 2 aliphatic rings. The van der Waals surface area contributed by atoms with E-state index in [4.69, 9.17) is 19.4 Å². The molecule has 2 aliphatic heterocycles. The van der Waals surface area contributed by atoms with Crippen molar-refractivity contribution < 1.29 is 14.3 Å². The number of morpholine rings is 2. The minimum Gasteiger partial charge on any atom is -0.378 e. The lowest BCUT2D eigenvalue weighted by Crippen LogP contribution is -2.37. The maximum atomic E-state index is 12.3. The summed E-state index contributed by atoms with van der Waals surface area (Å²) in [7, 11) is 0. The van der Waals surface area contributed by atoms with E-state index in [1.165, 1.54) is 11.3 Å². The van der Waals surface area contributed by atoms with E-state index in [1.807, 2.05) is 0 Å². The molecule has 0 N–H and O–H groups in total. The summed E-state index contributed by atoms with van der Waals surface area (Å²) in [5.74, 6) is 1.04. The van der Waals surface area contributed by atoms with Gasteiger partial charge in [-0.2, -0.15) is 0 Å². The van der Waals surface area contributed by atoms with Crippen LogP contribution < -0.4 is 9.80 Å². The maximum Gasteiger partial charge on any atom is 0.188 e. The highest BCUT2D eigenvalue weighted by atomic mass is 32.1. The van der Waals surface area contributed by atoms with Crippen LogP contribution in [0.15, 0.2) is 0 Å². The number of anilines is 2. The van der Waals surface area contributed by atoms with E-state index in [1.54, 1.807) is 18.3 Å². The second-order valence-electron chi connectivity index (χ2n) is 8.35. The summed E-state index contributed by atoms with van der Waals surface area (Å²) in [5, 5.41) is 1.89. The Morgan fingerprint density at radius 1 is 0.931 bits per heavy atom. The largest absolute Gasteiger partial charge is 0.378 e. The molecule has 4 heterocycles. The summed E-state index contributed by atoms with van der Waals surface area (Å²) in [6.07, 6.45) is 0. The van der Waals surface area contributed by atoms with Crippen LogP contribution in [-0.2, 0) is 14.9 Å². The first-order valence-corrected chi connectivity index (χ1v) is 11.7. The fourth-order valence-corrected chi connectivity index (χ4v) is 5.87. The minimum absolute atomic E-state index is 0.0736. The number of aromatic nitrogens is 2. The third-order valence-corrected chi connectivity index (χ3v) is 7.46. The predicted octanol–water partition coefficient (Wildman–Crippen LogP) is 3.44. The molecule has 2 fully saturated rings. The molecule has 7 nitrogen and oxygen atoms in total. The number of ketones is 1. The average molecular weight is 437 g/mol. The van der Waals surface area contributed by atoms with Gasteiger partial charge in [-0.3, -0.25) is 4.79 Å². The Balaban J connectivity index is 1.79. The van der Waals surface area contributed by atoms with Gasteiger partial charge in [0.2, 0.25) is 0 Å². The number of Topliss-reactive ketones (excluding diaryl/α,β-unsaturated/α-hetero) is 1. The van der Waals surface area contributed by atoms with Crippen molar-refractivity contribution in [3.05, 3.63) is 10.6 Å². The SMILES string of the molecule is CC(=O)c1sc(-c2sc(N3CCOCC3)nc2N2CCOCC2)nc1C(C)(C)C. The Morgan fingerprint density at radius 2 is 1.52 bits per heavy atom. The highest BCUT2D eigenvalue weighted by Crippen LogP contribution is 2.44. The van der Waals surface area contributed by atoms with Crippen LogP contribution in [0, 0.1) is 0 Å². The molecule has 0 amide bonds. The molecule has 0 bridgehead atoms. The van der Waals surface area contributed by atoms with Crippen LogP contribution in [0.1, 0.15) is 43.1 Å². The molecule has 2 saturated heterocycles. The highest BCUT2D eigenvalue weighted by Gasteiger charge is 2.30. The van der Waals surface area contributed by atoms with Gasteiger partial charge in [0.1, 0.15) is 9.88 Å². The first-order chi connectivity index (χ1) is 13.8. The van der Waals surface area contributed by atoms with Gasteiger partial charge < -0.3 is 19.3 Å². The van der Waals surface area contributed by atoms with E-state index in [0.29, 0.717) is 13.2 Å². The van der Waals surface area contributed by atoms with Gasteiger partial charge in [-0.25, -0.2) is 9.97 Å². The molecule has 0 aromatic carbocycles. The Labute approximate surface area is 179 Å². The van der Waals surface area contributed by atoms with Gasteiger partial charge in [0.05, 0.1) is 37.0 Å². The standard InChI is InChI=1S/C20H28N4O3S2/c1-13(25)14-16(20(2,3)4)21-18(28-14)15-17(23-5-9-26-10-6-23)22-19(29-15)24-7-11-27-12-8-24/h5-12H2,1-4H3. The Hall–Kier alpha value is -1.55. The zero-order valence-electron chi connectivity index (χ0n) is 17.5. The third-order valence-electron chi connectivity index (χ3n) is 5.04. The summed E-state index contributed by atoms with van der Waals surface area (Å²) < 4.78 is 11.0. The van der Waals surface area contributed by atoms with Gasteiger partial charge >= 0.3 is 0 Å². The molecule has 0 spiro atoms. The first-order valence-electron chi connectivity index (χ1n) is 10.0. The van der Waals surface area contributed by atoms with Crippen molar-refractivity contribution in [2.45, 2.75) is 33.1 Å². The van der Waals surface area contributed by atoms with E-state index in [2.05, 4.69) is 30.6 Å². The summed E-state index contributed by atoms with van der Waals surface area (Å²) >= 11 is 3.16. The lowest BCUT2D eigenvalue weighted by Gasteiger charge is -2.28. The summed E-state index contributed by atoms with van der Waals surface area (Å²) in [6.45, 7) is 14.1. The molecule has 9 heteroatoms. The molecule has 0 saturated carbocycles. The number of thiazole rings is 2. The van der Waals surface area contributed by atoms with Gasteiger partial charge in [-0.05, 0) is 0 Å². The smallest absolute Gasteiger partial charge is 0.188 e. The van der Waals surface area contributed by atoms with Crippen molar-refractivity contribution in [1.82, 2.24) is 9.97 Å². The molecule has 0 radical (unpaired) electrons. The van der Waals surface area contributed by atoms with Crippen molar-refractivity contribution in [2.24, 2.45) is 0 Å². The molecule has 2 aromatic heterocycles. The van der Waals surface area contributed by atoms with Gasteiger partial charge in [0.15, 0.2) is 16.7 Å². The van der Waals surface area contributed by atoms with Gasteiger partial charge in [0.25, 0.3) is 0 Å². The Kier molecular flexibility index (Phi) is 5.92. The van der Waals surface area contributed by atoms with E-state index in [-0.39, 0.29) is 11.2 Å². The number of carbonyl (C=O) groups is 1. The van der Waals surface area contributed by atoms with Crippen molar-refractivity contribution in [3.63, 3.8) is 0 Å². The predicted molar refractivity (Wildman–Crippen MR) is 118 cm³/mol. The van der Waals surface area contributed by atoms with E-state index < -0.39 is 0 Å². The van der Waals surface area contributed by atoms with Crippen LogP contribution in [0.5, 0.6) is 0 Å². The normalized spacial score (nSPS) is 18.3. The Morgan fingerprint density at radius 3 is 2.03 bits per heavy atom. The van der Waals surface area contributed by atoms with Crippen molar-refractivity contribution in [1.29, 1.82) is 0 Å². The van der Waals surface area contributed by atoms with E-state index in [0.717, 1.165) is 70.8 Å². The fourth-order valence-electron chi connectivity index (χ4n) is 3.48. The zero-order chi connectivity index (χ0) is 20.6. The van der Waals surface area contributed by atoms with E-state index in [9.17, 15) is 4.79 Å². The van der Waals surface area contributed by atoms with Crippen molar-refractivity contribution >= 4 is 39.4 Å². The zero-order valence-corrected chi connectivity index (χ0v) is 19.1. The summed E-state index contributed by atoms with van der Waals surface area (Å²) in [6, 6.07) is 0. The number of nitrogens with zero attached hydrogens (tertiary/aromatic N) is 4. The summed E-state index contributed by atoms with van der Waals surface area (Å²) in [5.41, 5.74) is 0.686. The van der Waals surface area contributed by atoms with Gasteiger partial charge in [-0.15, -0.1) is 11.3 Å². The molecule has 0 unspecified atom stereocenters. The first kappa shape index (κ1) is 20.7. The molecular formula is C20H28N4O3S2. The summed E-state index contributed by atoms with van der Waals surface area (Å²) in [4.78, 5) is 28.7. The van der Waals surface area contributed by atoms with Crippen LogP contribution in [0.25, 0.3) is 9.88 Å². The van der Waals surface area contributed by atoms with Crippen molar-refractivity contribution in [3.8, 4) is 9.88 Å². The van der Waals surface area contributed by atoms with Gasteiger partial charge in [0, 0.05) is 38.5 Å². The molecular weight excluding hydrogens is 408 g/mol. The quantitative estimate of drug-likeness (QED) is 0.680. The van der Waals surface area contributed by atoms with Gasteiger partial charge in [-0.1, -0.05) is 32.1 Å². The fraction of sp³-hybridized carbons (Fsp3) is 0.650. The number of hydrogen-bond acceptors (Lipinski definition) is 9. The number of carbonyl (C=O) groups excluding carboxylic acids is 1. The number of ether oxygens (including phenoxy) is 2. The van der Waals surface area contributed by atoms with E-state index >= 15 is 0 Å². The van der Waals surface area contributed by atoms with Crippen molar-refractivity contribution in [2.75, 3.05) is 62.4 Å². The molecule has 2 aromatic rings.